The average Bonchev–Trinajstić information content (AvgIpc) is 2.34. The largest absolute Gasteiger partial charge is 0.368 e. The average molecular weight is 310 g/mol. The summed E-state index contributed by atoms with van der Waals surface area (Å²) in [4.78, 5) is 2.61. The third kappa shape index (κ3) is 2.74. The molecule has 0 radical (unpaired) electrons. The standard InChI is InChI=1S/C16H24BrN/c1-11-5-6-16(15(8-11)9-17)18-10-12(2)7-13(3)14(18)4/h5-6,8,12-14H,7,9-10H2,1-4H3. The summed E-state index contributed by atoms with van der Waals surface area (Å²) < 4.78 is 0. The van der Waals surface area contributed by atoms with Crippen molar-refractivity contribution in [2.75, 3.05) is 11.4 Å². The number of nitrogens with zero attached hydrogens (tertiary/aromatic N) is 1. The fourth-order valence-electron chi connectivity index (χ4n) is 3.13. The zero-order valence-corrected chi connectivity index (χ0v) is 13.5. The predicted molar refractivity (Wildman–Crippen MR) is 83.6 cm³/mol. The third-order valence-electron chi connectivity index (χ3n) is 4.29. The quantitative estimate of drug-likeness (QED) is 0.712. The summed E-state index contributed by atoms with van der Waals surface area (Å²) in [6.07, 6.45) is 1.35. The van der Waals surface area contributed by atoms with Crippen LogP contribution in [-0.4, -0.2) is 12.6 Å². The molecule has 0 bridgehead atoms. The van der Waals surface area contributed by atoms with Crippen LogP contribution in [0, 0.1) is 18.8 Å². The van der Waals surface area contributed by atoms with Gasteiger partial charge < -0.3 is 4.90 Å². The molecule has 1 nitrogen and oxygen atoms in total. The summed E-state index contributed by atoms with van der Waals surface area (Å²) >= 11 is 3.63. The van der Waals surface area contributed by atoms with Crippen molar-refractivity contribution in [2.24, 2.45) is 11.8 Å². The van der Waals surface area contributed by atoms with Gasteiger partial charge in [-0.05, 0) is 43.7 Å². The van der Waals surface area contributed by atoms with Gasteiger partial charge >= 0.3 is 0 Å². The van der Waals surface area contributed by atoms with E-state index in [9.17, 15) is 0 Å². The van der Waals surface area contributed by atoms with Gasteiger partial charge in [0.2, 0.25) is 0 Å². The molecule has 0 spiro atoms. The van der Waals surface area contributed by atoms with Crippen LogP contribution >= 0.6 is 15.9 Å². The minimum absolute atomic E-state index is 0.640. The monoisotopic (exact) mass is 309 g/mol. The molecule has 0 amide bonds. The van der Waals surface area contributed by atoms with Crippen molar-refractivity contribution in [3.8, 4) is 0 Å². The first-order valence-electron chi connectivity index (χ1n) is 6.95. The Morgan fingerprint density at radius 1 is 1.28 bits per heavy atom. The van der Waals surface area contributed by atoms with E-state index in [-0.39, 0.29) is 0 Å². The van der Waals surface area contributed by atoms with Crippen molar-refractivity contribution in [2.45, 2.75) is 45.5 Å². The van der Waals surface area contributed by atoms with Crippen LogP contribution < -0.4 is 4.90 Å². The van der Waals surface area contributed by atoms with E-state index < -0.39 is 0 Å². The maximum absolute atomic E-state index is 3.63. The Balaban J connectivity index is 2.34. The lowest BCUT2D eigenvalue weighted by molar-refractivity contribution is 0.297. The van der Waals surface area contributed by atoms with E-state index in [1.54, 1.807) is 0 Å². The molecule has 1 aliphatic rings. The number of hydrogen-bond donors (Lipinski definition) is 0. The minimum Gasteiger partial charge on any atom is -0.368 e. The van der Waals surface area contributed by atoms with Crippen molar-refractivity contribution < 1.29 is 0 Å². The number of anilines is 1. The van der Waals surface area contributed by atoms with E-state index in [0.29, 0.717) is 6.04 Å². The highest BCUT2D eigenvalue weighted by Gasteiger charge is 2.29. The summed E-state index contributed by atoms with van der Waals surface area (Å²) in [7, 11) is 0. The SMILES string of the molecule is Cc1ccc(N2CC(C)CC(C)C2C)c(CBr)c1. The van der Waals surface area contributed by atoms with Gasteiger partial charge in [0, 0.05) is 23.6 Å². The van der Waals surface area contributed by atoms with Crippen LogP contribution in [0.2, 0.25) is 0 Å². The van der Waals surface area contributed by atoms with E-state index in [1.165, 1.54) is 29.8 Å². The zero-order valence-electron chi connectivity index (χ0n) is 11.9. The minimum atomic E-state index is 0.640. The van der Waals surface area contributed by atoms with Crippen LogP contribution in [0.3, 0.4) is 0 Å². The summed E-state index contributed by atoms with van der Waals surface area (Å²) in [5.74, 6) is 1.57. The van der Waals surface area contributed by atoms with E-state index in [2.05, 4.69) is 66.7 Å². The molecule has 1 saturated heterocycles. The van der Waals surface area contributed by atoms with Gasteiger partial charge in [0.25, 0.3) is 0 Å². The molecule has 3 unspecified atom stereocenters. The van der Waals surface area contributed by atoms with Crippen molar-refractivity contribution >= 4 is 21.6 Å². The number of hydrogen-bond acceptors (Lipinski definition) is 1. The molecular weight excluding hydrogens is 286 g/mol. The zero-order chi connectivity index (χ0) is 13.3. The number of halogens is 1. The van der Waals surface area contributed by atoms with E-state index in [0.717, 1.165) is 17.2 Å². The molecule has 2 heteroatoms. The summed E-state index contributed by atoms with van der Waals surface area (Å²) in [6.45, 7) is 10.5. The first-order valence-corrected chi connectivity index (χ1v) is 8.07. The molecule has 0 aliphatic carbocycles. The first-order chi connectivity index (χ1) is 8.52. The molecule has 0 aromatic heterocycles. The van der Waals surface area contributed by atoms with Gasteiger partial charge in [-0.1, -0.05) is 47.5 Å². The van der Waals surface area contributed by atoms with Crippen LogP contribution in [-0.2, 0) is 5.33 Å². The smallest absolute Gasteiger partial charge is 0.0410 e. The first kappa shape index (κ1) is 13.9. The highest BCUT2D eigenvalue weighted by Crippen LogP contribution is 2.34. The van der Waals surface area contributed by atoms with Gasteiger partial charge in [0.1, 0.15) is 0 Å². The Hall–Kier alpha value is -0.500. The lowest BCUT2D eigenvalue weighted by atomic mass is 9.85. The molecule has 100 valence electrons. The van der Waals surface area contributed by atoms with Crippen LogP contribution in [0.1, 0.15) is 38.3 Å². The van der Waals surface area contributed by atoms with Gasteiger partial charge in [-0.15, -0.1) is 0 Å². The lowest BCUT2D eigenvalue weighted by Crippen LogP contribution is -2.46. The van der Waals surface area contributed by atoms with Crippen molar-refractivity contribution in [3.63, 3.8) is 0 Å². The molecule has 1 aliphatic heterocycles. The number of alkyl halides is 1. The number of benzene rings is 1. The molecule has 1 heterocycles. The second kappa shape index (κ2) is 5.64. The van der Waals surface area contributed by atoms with Crippen molar-refractivity contribution in [1.82, 2.24) is 0 Å². The highest BCUT2D eigenvalue weighted by atomic mass is 79.9. The molecule has 3 atom stereocenters. The normalized spacial score (nSPS) is 28.5. The van der Waals surface area contributed by atoms with Gasteiger partial charge in [-0.2, -0.15) is 0 Å². The predicted octanol–water partition coefficient (Wildman–Crippen LogP) is 4.76. The molecule has 1 fully saturated rings. The Morgan fingerprint density at radius 2 is 2.00 bits per heavy atom. The van der Waals surface area contributed by atoms with Gasteiger partial charge in [0.15, 0.2) is 0 Å². The molecule has 2 rings (SSSR count). The van der Waals surface area contributed by atoms with Crippen molar-refractivity contribution in [1.29, 1.82) is 0 Å². The van der Waals surface area contributed by atoms with Gasteiger partial charge in [0.05, 0.1) is 0 Å². The highest BCUT2D eigenvalue weighted by molar-refractivity contribution is 9.08. The molecule has 1 aromatic carbocycles. The summed E-state index contributed by atoms with van der Waals surface area (Å²) in [6, 6.07) is 7.48. The van der Waals surface area contributed by atoms with E-state index in [4.69, 9.17) is 0 Å². The topological polar surface area (TPSA) is 3.24 Å². The molecular formula is C16H24BrN. The number of rotatable bonds is 2. The Morgan fingerprint density at radius 3 is 2.67 bits per heavy atom. The Kier molecular flexibility index (Phi) is 4.37. The number of piperidine rings is 1. The van der Waals surface area contributed by atoms with Crippen LogP contribution in [0.15, 0.2) is 18.2 Å². The Bertz CT molecular complexity index is 416. The van der Waals surface area contributed by atoms with Gasteiger partial charge in [-0.25, -0.2) is 0 Å². The number of aryl methyl sites for hydroxylation is 1. The fourth-order valence-corrected chi connectivity index (χ4v) is 3.58. The van der Waals surface area contributed by atoms with Gasteiger partial charge in [-0.3, -0.25) is 0 Å². The van der Waals surface area contributed by atoms with Crippen LogP contribution in [0.25, 0.3) is 0 Å². The Labute approximate surface area is 120 Å². The summed E-state index contributed by atoms with van der Waals surface area (Å²) in [5, 5.41) is 0.940. The second-order valence-electron chi connectivity index (χ2n) is 5.98. The van der Waals surface area contributed by atoms with Crippen LogP contribution in [0.5, 0.6) is 0 Å². The molecule has 0 N–H and O–H groups in total. The van der Waals surface area contributed by atoms with Crippen LogP contribution in [0.4, 0.5) is 5.69 Å². The van der Waals surface area contributed by atoms with E-state index >= 15 is 0 Å². The molecule has 0 saturated carbocycles. The fraction of sp³-hybridized carbons (Fsp3) is 0.625. The maximum Gasteiger partial charge on any atom is 0.0410 e. The maximum atomic E-state index is 3.63. The molecule has 1 aromatic rings. The second-order valence-corrected chi connectivity index (χ2v) is 6.54. The van der Waals surface area contributed by atoms with Crippen molar-refractivity contribution in [3.05, 3.63) is 29.3 Å². The third-order valence-corrected chi connectivity index (χ3v) is 4.89. The molecule has 18 heavy (non-hydrogen) atoms. The van der Waals surface area contributed by atoms with E-state index in [1.807, 2.05) is 0 Å². The lowest BCUT2D eigenvalue weighted by Gasteiger charge is -2.43. The summed E-state index contributed by atoms with van der Waals surface area (Å²) in [5.41, 5.74) is 4.19.